The second-order valence-corrected chi connectivity index (χ2v) is 6.71. The van der Waals surface area contributed by atoms with Crippen LogP contribution in [0.25, 0.3) is 0 Å². The van der Waals surface area contributed by atoms with Gasteiger partial charge in [0.1, 0.15) is 0 Å². The molecule has 1 fully saturated rings. The van der Waals surface area contributed by atoms with Gasteiger partial charge in [0.05, 0.1) is 10.2 Å². The Morgan fingerprint density at radius 1 is 1.22 bits per heavy atom. The third-order valence-corrected chi connectivity index (χ3v) is 5.30. The first kappa shape index (κ1) is 12.5. The van der Waals surface area contributed by atoms with E-state index in [1.165, 1.54) is 12.1 Å². The fraction of sp³-hybridized carbons (Fsp3) is 0.667. The zero-order chi connectivity index (χ0) is 12.5. The summed E-state index contributed by atoms with van der Waals surface area (Å²) >= 11 is 5.48. The van der Waals surface area contributed by atoms with Crippen LogP contribution in [0.4, 0.5) is 0 Å². The van der Waals surface area contributed by atoms with Gasteiger partial charge in [-0.1, -0.05) is 0 Å². The Hall–Kier alpha value is -0.490. The number of hydrogen-bond acceptors (Lipinski definition) is 3. The lowest BCUT2D eigenvalue weighted by Gasteiger charge is -2.25. The summed E-state index contributed by atoms with van der Waals surface area (Å²) in [5.41, 5.74) is 1.80. The van der Waals surface area contributed by atoms with Crippen LogP contribution in [0.5, 0.6) is 0 Å². The summed E-state index contributed by atoms with van der Waals surface area (Å²) in [5.74, 6) is 2.16. The summed E-state index contributed by atoms with van der Waals surface area (Å²) in [6, 6.07) is 0. The maximum atomic E-state index is 12.4. The lowest BCUT2D eigenvalue weighted by Crippen LogP contribution is -2.38. The number of carbonyl (C=O) groups excluding carboxylic acids is 1. The van der Waals surface area contributed by atoms with Crippen LogP contribution in [-0.2, 0) is 13.0 Å². The van der Waals surface area contributed by atoms with E-state index in [0.717, 1.165) is 48.5 Å². The number of hydrogen-bond donors (Lipinski definition) is 0. The van der Waals surface area contributed by atoms with Crippen LogP contribution in [0.1, 0.15) is 29.0 Å². The number of fused-ring (bicyclic) bond motifs is 1. The first-order valence-corrected chi connectivity index (χ1v) is 8.34. The van der Waals surface area contributed by atoms with Gasteiger partial charge in [0.2, 0.25) is 0 Å². The van der Waals surface area contributed by atoms with Gasteiger partial charge in [-0.3, -0.25) is 9.48 Å². The number of halogens is 1. The standard InChI is InChI=1S/C12H16BrN3OS/c13-10-9-3-1-2-4-16(9)14-11(10)12(17)15-5-7-18-8-6-15/h1-8H2. The summed E-state index contributed by atoms with van der Waals surface area (Å²) in [6.45, 7) is 2.63. The van der Waals surface area contributed by atoms with Crippen LogP contribution >= 0.6 is 27.7 Å². The Morgan fingerprint density at radius 3 is 2.72 bits per heavy atom. The molecule has 0 radical (unpaired) electrons. The molecule has 0 aliphatic carbocycles. The Morgan fingerprint density at radius 2 is 2.00 bits per heavy atom. The maximum Gasteiger partial charge on any atom is 0.275 e. The zero-order valence-electron chi connectivity index (χ0n) is 10.2. The molecule has 18 heavy (non-hydrogen) atoms. The molecule has 1 amide bonds. The molecular weight excluding hydrogens is 314 g/mol. The predicted octanol–water partition coefficient (Wildman–Crippen LogP) is 2.17. The van der Waals surface area contributed by atoms with E-state index in [1.807, 2.05) is 21.3 Å². The minimum atomic E-state index is 0.0871. The van der Waals surface area contributed by atoms with Gasteiger partial charge in [-0.05, 0) is 35.2 Å². The molecule has 0 unspecified atom stereocenters. The van der Waals surface area contributed by atoms with Crippen LogP contribution in [0.15, 0.2) is 4.47 Å². The maximum absolute atomic E-state index is 12.4. The van der Waals surface area contributed by atoms with E-state index < -0.39 is 0 Å². The van der Waals surface area contributed by atoms with Crippen molar-refractivity contribution < 1.29 is 4.79 Å². The van der Waals surface area contributed by atoms with Gasteiger partial charge in [0.15, 0.2) is 5.69 Å². The number of amides is 1. The van der Waals surface area contributed by atoms with E-state index in [0.29, 0.717) is 5.69 Å². The van der Waals surface area contributed by atoms with Crippen LogP contribution in [0, 0.1) is 0 Å². The van der Waals surface area contributed by atoms with Gasteiger partial charge >= 0.3 is 0 Å². The molecule has 0 saturated carbocycles. The normalized spacial score (nSPS) is 19.7. The average molecular weight is 330 g/mol. The minimum Gasteiger partial charge on any atom is -0.336 e. The Bertz CT molecular complexity index is 468. The van der Waals surface area contributed by atoms with Crippen molar-refractivity contribution in [2.24, 2.45) is 0 Å². The largest absolute Gasteiger partial charge is 0.336 e. The number of thioether (sulfide) groups is 1. The van der Waals surface area contributed by atoms with Gasteiger partial charge in [0.25, 0.3) is 5.91 Å². The van der Waals surface area contributed by atoms with Crippen LogP contribution in [0.3, 0.4) is 0 Å². The molecule has 3 heterocycles. The number of nitrogens with zero attached hydrogens (tertiary/aromatic N) is 3. The van der Waals surface area contributed by atoms with Gasteiger partial charge in [-0.25, -0.2) is 0 Å². The average Bonchev–Trinajstić information content (AvgIpc) is 2.77. The zero-order valence-corrected chi connectivity index (χ0v) is 12.6. The molecule has 0 bridgehead atoms. The smallest absolute Gasteiger partial charge is 0.275 e. The predicted molar refractivity (Wildman–Crippen MR) is 76.1 cm³/mol. The van der Waals surface area contributed by atoms with Crippen molar-refractivity contribution in [2.45, 2.75) is 25.8 Å². The summed E-state index contributed by atoms with van der Waals surface area (Å²) in [5, 5.41) is 4.50. The summed E-state index contributed by atoms with van der Waals surface area (Å²) in [4.78, 5) is 14.4. The van der Waals surface area contributed by atoms with E-state index >= 15 is 0 Å². The van der Waals surface area contributed by atoms with Crippen molar-refractivity contribution in [3.63, 3.8) is 0 Å². The first-order valence-electron chi connectivity index (χ1n) is 6.39. The SMILES string of the molecule is O=C(c1nn2c(c1Br)CCCC2)N1CCSCC1. The quantitative estimate of drug-likeness (QED) is 0.792. The molecule has 4 nitrogen and oxygen atoms in total. The lowest BCUT2D eigenvalue weighted by atomic mass is 10.1. The Kier molecular flexibility index (Phi) is 3.66. The molecule has 98 valence electrons. The van der Waals surface area contributed by atoms with Gasteiger partial charge in [-0.15, -0.1) is 0 Å². The first-order chi connectivity index (χ1) is 8.77. The third-order valence-electron chi connectivity index (χ3n) is 3.53. The molecule has 0 atom stereocenters. The van der Waals surface area contributed by atoms with E-state index in [9.17, 15) is 4.79 Å². The van der Waals surface area contributed by atoms with Gasteiger partial charge in [0, 0.05) is 31.1 Å². The van der Waals surface area contributed by atoms with Crippen molar-refractivity contribution >= 4 is 33.6 Å². The monoisotopic (exact) mass is 329 g/mol. The fourth-order valence-electron chi connectivity index (χ4n) is 2.51. The second-order valence-electron chi connectivity index (χ2n) is 4.69. The lowest BCUT2D eigenvalue weighted by molar-refractivity contribution is 0.0764. The third kappa shape index (κ3) is 2.20. The van der Waals surface area contributed by atoms with E-state index in [1.54, 1.807) is 0 Å². The van der Waals surface area contributed by atoms with Crippen molar-refractivity contribution in [2.75, 3.05) is 24.6 Å². The van der Waals surface area contributed by atoms with Gasteiger partial charge in [-0.2, -0.15) is 16.9 Å². The molecule has 1 aromatic rings. The topological polar surface area (TPSA) is 38.1 Å². The number of aromatic nitrogens is 2. The van der Waals surface area contributed by atoms with Crippen LogP contribution in [-0.4, -0.2) is 45.2 Å². The summed E-state index contributed by atoms with van der Waals surface area (Å²) in [7, 11) is 0. The minimum absolute atomic E-state index is 0.0871. The number of rotatable bonds is 1. The summed E-state index contributed by atoms with van der Waals surface area (Å²) in [6.07, 6.45) is 3.38. The highest BCUT2D eigenvalue weighted by Crippen LogP contribution is 2.28. The second kappa shape index (κ2) is 5.25. The molecule has 0 N–H and O–H groups in total. The molecule has 2 aliphatic heterocycles. The van der Waals surface area contributed by atoms with Crippen LogP contribution < -0.4 is 0 Å². The number of carbonyl (C=O) groups is 1. The van der Waals surface area contributed by atoms with Crippen molar-refractivity contribution in [3.05, 3.63) is 15.9 Å². The van der Waals surface area contributed by atoms with Gasteiger partial charge < -0.3 is 4.90 Å². The molecule has 0 spiro atoms. The molecule has 6 heteroatoms. The summed E-state index contributed by atoms with van der Waals surface area (Å²) < 4.78 is 2.92. The van der Waals surface area contributed by atoms with E-state index in [-0.39, 0.29) is 5.91 Å². The van der Waals surface area contributed by atoms with Crippen molar-refractivity contribution in [1.29, 1.82) is 0 Å². The molecule has 3 rings (SSSR count). The van der Waals surface area contributed by atoms with E-state index in [4.69, 9.17) is 0 Å². The van der Waals surface area contributed by atoms with Crippen LogP contribution in [0.2, 0.25) is 0 Å². The molecule has 0 aromatic carbocycles. The Labute approximate surface area is 119 Å². The Balaban J connectivity index is 1.87. The number of aryl methyl sites for hydroxylation is 1. The highest BCUT2D eigenvalue weighted by atomic mass is 79.9. The van der Waals surface area contributed by atoms with Crippen molar-refractivity contribution in [1.82, 2.24) is 14.7 Å². The molecule has 1 aromatic heterocycles. The van der Waals surface area contributed by atoms with Crippen molar-refractivity contribution in [3.8, 4) is 0 Å². The molecule has 1 saturated heterocycles. The highest BCUT2D eigenvalue weighted by molar-refractivity contribution is 9.10. The molecule has 2 aliphatic rings. The molecular formula is C12H16BrN3OS. The fourth-order valence-corrected chi connectivity index (χ4v) is 4.06. The highest BCUT2D eigenvalue weighted by Gasteiger charge is 2.27. The van der Waals surface area contributed by atoms with E-state index in [2.05, 4.69) is 21.0 Å².